The number of ether oxygens (including phenoxy) is 1. The molecule has 0 aliphatic rings. The van der Waals surface area contributed by atoms with Gasteiger partial charge in [-0.25, -0.2) is 5.10 Å². The van der Waals surface area contributed by atoms with Crippen LogP contribution in [0.15, 0.2) is 4.42 Å². The van der Waals surface area contributed by atoms with Crippen LogP contribution in [-0.4, -0.2) is 17.3 Å². The van der Waals surface area contributed by atoms with Crippen LogP contribution >= 0.6 is 12.2 Å². The van der Waals surface area contributed by atoms with Crippen molar-refractivity contribution in [2.75, 3.05) is 7.11 Å². The monoisotopic (exact) mass is 188 g/mol. The molecule has 12 heavy (non-hydrogen) atoms. The van der Waals surface area contributed by atoms with E-state index in [2.05, 4.69) is 10.2 Å². The molecule has 0 aliphatic carbocycles. The standard InChI is InChI=1S/C7H12N2O2S/c1-4-7(2,10-3)5-8-9-6(12)11-5/h4H2,1-3H3,(H,9,12). The molecule has 0 aliphatic heterocycles. The molecule has 0 saturated heterocycles. The van der Waals surface area contributed by atoms with Crippen LogP contribution in [-0.2, 0) is 10.3 Å². The van der Waals surface area contributed by atoms with Gasteiger partial charge in [0, 0.05) is 7.11 Å². The molecular weight excluding hydrogens is 176 g/mol. The Labute approximate surface area is 75.9 Å². The van der Waals surface area contributed by atoms with Gasteiger partial charge >= 0.3 is 0 Å². The maximum atomic E-state index is 5.26. The number of hydrogen-bond donors (Lipinski definition) is 1. The molecule has 4 nitrogen and oxygen atoms in total. The van der Waals surface area contributed by atoms with Crippen molar-refractivity contribution in [1.82, 2.24) is 10.2 Å². The zero-order valence-electron chi connectivity index (χ0n) is 7.38. The summed E-state index contributed by atoms with van der Waals surface area (Å²) in [6.45, 7) is 3.90. The van der Waals surface area contributed by atoms with Crippen molar-refractivity contribution in [3.8, 4) is 0 Å². The lowest BCUT2D eigenvalue weighted by Gasteiger charge is -2.21. The van der Waals surface area contributed by atoms with E-state index >= 15 is 0 Å². The van der Waals surface area contributed by atoms with Gasteiger partial charge in [0.05, 0.1) is 0 Å². The summed E-state index contributed by atoms with van der Waals surface area (Å²) >= 11 is 4.76. The Morgan fingerprint density at radius 3 is 2.75 bits per heavy atom. The van der Waals surface area contributed by atoms with Crippen LogP contribution in [0, 0.1) is 4.84 Å². The molecule has 1 rings (SSSR count). The van der Waals surface area contributed by atoms with Crippen molar-refractivity contribution in [2.45, 2.75) is 25.9 Å². The number of methoxy groups -OCH3 is 1. The predicted molar refractivity (Wildman–Crippen MR) is 46.3 cm³/mol. The Morgan fingerprint density at radius 1 is 1.75 bits per heavy atom. The molecule has 0 spiro atoms. The first-order valence-corrected chi connectivity index (χ1v) is 4.14. The van der Waals surface area contributed by atoms with Crippen LogP contribution in [0.5, 0.6) is 0 Å². The fourth-order valence-electron chi connectivity index (χ4n) is 0.839. The maximum Gasteiger partial charge on any atom is 0.284 e. The number of aromatic nitrogens is 2. The van der Waals surface area contributed by atoms with Gasteiger partial charge in [-0.3, -0.25) is 0 Å². The van der Waals surface area contributed by atoms with Gasteiger partial charge in [-0.2, -0.15) is 0 Å². The van der Waals surface area contributed by atoms with Crippen LogP contribution in [0.1, 0.15) is 26.2 Å². The summed E-state index contributed by atoms with van der Waals surface area (Å²) in [6.07, 6.45) is 0.784. The van der Waals surface area contributed by atoms with Gasteiger partial charge in [-0.15, -0.1) is 5.10 Å². The smallest absolute Gasteiger partial charge is 0.284 e. The molecule has 1 unspecified atom stereocenters. The average Bonchev–Trinajstić information content (AvgIpc) is 2.51. The van der Waals surface area contributed by atoms with E-state index < -0.39 is 5.60 Å². The molecule has 1 heterocycles. The molecule has 0 fully saturated rings. The number of nitrogens with one attached hydrogen (secondary N) is 1. The fraction of sp³-hybridized carbons (Fsp3) is 0.714. The van der Waals surface area contributed by atoms with Crippen molar-refractivity contribution >= 4 is 12.2 Å². The molecule has 0 saturated carbocycles. The van der Waals surface area contributed by atoms with Crippen LogP contribution in [0.2, 0.25) is 0 Å². The molecule has 1 aromatic heterocycles. The normalized spacial score (nSPS) is 15.9. The van der Waals surface area contributed by atoms with Gasteiger partial charge in [0.15, 0.2) is 0 Å². The van der Waals surface area contributed by atoms with E-state index in [4.69, 9.17) is 21.4 Å². The summed E-state index contributed by atoms with van der Waals surface area (Å²) in [4.78, 5) is 0.279. The Kier molecular flexibility index (Phi) is 2.64. The summed E-state index contributed by atoms with van der Waals surface area (Å²) < 4.78 is 10.4. The lowest BCUT2D eigenvalue weighted by Crippen LogP contribution is -2.23. The first-order chi connectivity index (χ1) is 5.62. The average molecular weight is 188 g/mol. The van der Waals surface area contributed by atoms with E-state index in [1.807, 2.05) is 13.8 Å². The Balaban J connectivity index is 3.02. The third-order valence-corrected chi connectivity index (χ3v) is 2.19. The first-order valence-electron chi connectivity index (χ1n) is 3.73. The lowest BCUT2D eigenvalue weighted by molar-refractivity contribution is -0.0239. The van der Waals surface area contributed by atoms with Crippen LogP contribution < -0.4 is 0 Å². The molecule has 5 heteroatoms. The van der Waals surface area contributed by atoms with E-state index in [9.17, 15) is 0 Å². The molecule has 68 valence electrons. The molecule has 0 bridgehead atoms. The molecule has 0 radical (unpaired) electrons. The zero-order valence-corrected chi connectivity index (χ0v) is 8.20. The van der Waals surface area contributed by atoms with Crippen LogP contribution in [0.4, 0.5) is 0 Å². The molecule has 0 amide bonds. The van der Waals surface area contributed by atoms with Crippen molar-refractivity contribution in [1.29, 1.82) is 0 Å². The third-order valence-electron chi connectivity index (χ3n) is 2.02. The highest BCUT2D eigenvalue weighted by Crippen LogP contribution is 2.25. The summed E-state index contributed by atoms with van der Waals surface area (Å²) in [6, 6.07) is 0. The van der Waals surface area contributed by atoms with Gasteiger partial charge in [0.2, 0.25) is 5.89 Å². The minimum atomic E-state index is -0.479. The first kappa shape index (κ1) is 9.41. The number of H-pyrrole nitrogens is 1. The fourth-order valence-corrected chi connectivity index (χ4v) is 0.964. The molecule has 1 aromatic rings. The quantitative estimate of drug-likeness (QED) is 0.737. The van der Waals surface area contributed by atoms with Gasteiger partial charge < -0.3 is 9.15 Å². The summed E-state index contributed by atoms with van der Waals surface area (Å²) in [5, 5.41) is 6.47. The van der Waals surface area contributed by atoms with Crippen LogP contribution in [0.3, 0.4) is 0 Å². The Bertz CT molecular complexity index is 300. The minimum absolute atomic E-state index is 0.279. The lowest BCUT2D eigenvalue weighted by atomic mass is 10.0. The highest BCUT2D eigenvalue weighted by atomic mass is 32.1. The maximum absolute atomic E-state index is 5.26. The summed E-state index contributed by atoms with van der Waals surface area (Å²) in [5.74, 6) is 0.498. The summed E-state index contributed by atoms with van der Waals surface area (Å²) in [7, 11) is 1.62. The highest BCUT2D eigenvalue weighted by molar-refractivity contribution is 7.71. The minimum Gasteiger partial charge on any atom is -0.411 e. The molecule has 0 aromatic carbocycles. The van der Waals surface area contributed by atoms with E-state index in [0.717, 1.165) is 6.42 Å². The van der Waals surface area contributed by atoms with Gasteiger partial charge in [0.1, 0.15) is 5.60 Å². The van der Waals surface area contributed by atoms with Crippen molar-refractivity contribution in [3.05, 3.63) is 10.7 Å². The van der Waals surface area contributed by atoms with E-state index in [1.165, 1.54) is 0 Å². The van der Waals surface area contributed by atoms with E-state index in [0.29, 0.717) is 5.89 Å². The topological polar surface area (TPSA) is 51.0 Å². The number of rotatable bonds is 3. The number of aromatic amines is 1. The van der Waals surface area contributed by atoms with Crippen molar-refractivity contribution in [3.63, 3.8) is 0 Å². The SMILES string of the molecule is CCC(C)(OC)c1n[nH]c(=S)o1. The molecular formula is C7H12N2O2S. The second-order valence-electron chi connectivity index (χ2n) is 2.71. The predicted octanol–water partition coefficient (Wildman–Crippen LogP) is 2.00. The van der Waals surface area contributed by atoms with Gasteiger partial charge in [-0.05, 0) is 25.6 Å². The largest absolute Gasteiger partial charge is 0.411 e. The van der Waals surface area contributed by atoms with Crippen LogP contribution in [0.25, 0.3) is 0 Å². The molecule has 1 N–H and O–H groups in total. The number of nitrogens with zero attached hydrogens (tertiary/aromatic N) is 1. The van der Waals surface area contributed by atoms with Gasteiger partial charge in [0.25, 0.3) is 4.84 Å². The van der Waals surface area contributed by atoms with E-state index in [1.54, 1.807) is 7.11 Å². The third kappa shape index (κ3) is 1.56. The van der Waals surface area contributed by atoms with Crippen molar-refractivity contribution in [2.24, 2.45) is 0 Å². The number of hydrogen-bond acceptors (Lipinski definition) is 4. The second kappa shape index (κ2) is 3.37. The Morgan fingerprint density at radius 2 is 2.42 bits per heavy atom. The van der Waals surface area contributed by atoms with E-state index in [-0.39, 0.29) is 4.84 Å². The summed E-state index contributed by atoms with van der Waals surface area (Å²) in [5.41, 5.74) is -0.479. The zero-order chi connectivity index (χ0) is 9.19. The molecule has 1 atom stereocenters. The second-order valence-corrected chi connectivity index (χ2v) is 3.08. The van der Waals surface area contributed by atoms with Gasteiger partial charge in [-0.1, -0.05) is 6.92 Å². The highest BCUT2D eigenvalue weighted by Gasteiger charge is 2.29. The van der Waals surface area contributed by atoms with Crippen molar-refractivity contribution < 1.29 is 9.15 Å². The Hall–Kier alpha value is -0.680.